The molecule has 0 aliphatic rings. The van der Waals surface area contributed by atoms with Gasteiger partial charge in [0.1, 0.15) is 11.3 Å². The molecule has 1 N–H and O–H groups in total. The van der Waals surface area contributed by atoms with Crippen LogP contribution in [-0.4, -0.2) is 10.1 Å². The maximum atomic E-state index is 10.2. The van der Waals surface area contributed by atoms with E-state index in [1.54, 1.807) is 12.1 Å². The number of benzene rings is 2. The standard InChI is InChI=1S/C19H14BrNO2/c1-10-7-11(2)21-19-17(10)16-9-14(22)8-15(18(16)23-19)12-3-5-13(20)6-4-12/h3-9,22H,1-2H3. The van der Waals surface area contributed by atoms with Gasteiger partial charge in [0.25, 0.3) is 0 Å². The largest absolute Gasteiger partial charge is 0.508 e. The fourth-order valence-corrected chi connectivity index (χ4v) is 3.32. The first-order valence-electron chi connectivity index (χ1n) is 7.32. The Morgan fingerprint density at radius 1 is 1.04 bits per heavy atom. The van der Waals surface area contributed by atoms with E-state index in [4.69, 9.17) is 4.42 Å². The Balaban J connectivity index is 2.13. The lowest BCUT2D eigenvalue weighted by Crippen LogP contribution is -1.83. The predicted molar refractivity (Wildman–Crippen MR) is 95.8 cm³/mol. The van der Waals surface area contributed by atoms with E-state index < -0.39 is 0 Å². The van der Waals surface area contributed by atoms with Gasteiger partial charge in [-0.05, 0) is 55.3 Å². The molecule has 2 heterocycles. The Hall–Kier alpha value is -2.33. The van der Waals surface area contributed by atoms with Crippen LogP contribution < -0.4 is 0 Å². The molecule has 23 heavy (non-hydrogen) atoms. The van der Waals surface area contributed by atoms with Crippen LogP contribution >= 0.6 is 15.9 Å². The molecule has 0 saturated heterocycles. The van der Waals surface area contributed by atoms with E-state index in [9.17, 15) is 5.11 Å². The van der Waals surface area contributed by atoms with Crippen molar-refractivity contribution in [3.63, 3.8) is 0 Å². The fourth-order valence-electron chi connectivity index (χ4n) is 3.05. The summed E-state index contributed by atoms with van der Waals surface area (Å²) in [5.74, 6) is 0.220. The van der Waals surface area contributed by atoms with E-state index in [0.29, 0.717) is 5.71 Å². The molecule has 0 aliphatic carbocycles. The van der Waals surface area contributed by atoms with Crippen LogP contribution in [0.3, 0.4) is 0 Å². The van der Waals surface area contributed by atoms with Crippen LogP contribution in [0.25, 0.3) is 33.2 Å². The van der Waals surface area contributed by atoms with Gasteiger partial charge in [-0.25, -0.2) is 4.98 Å². The quantitative estimate of drug-likeness (QED) is 0.467. The predicted octanol–water partition coefficient (Wildman–Crippen LogP) is 5.73. The number of aryl methyl sites for hydroxylation is 2. The van der Waals surface area contributed by atoms with Crippen LogP contribution in [0, 0.1) is 13.8 Å². The molecule has 114 valence electrons. The minimum Gasteiger partial charge on any atom is -0.508 e. The van der Waals surface area contributed by atoms with Crippen LogP contribution in [0.15, 0.2) is 51.4 Å². The van der Waals surface area contributed by atoms with E-state index in [1.807, 2.05) is 44.2 Å². The molecule has 4 aromatic rings. The van der Waals surface area contributed by atoms with E-state index >= 15 is 0 Å². The molecule has 4 heteroatoms. The van der Waals surface area contributed by atoms with Crippen molar-refractivity contribution in [3.8, 4) is 16.9 Å². The lowest BCUT2D eigenvalue weighted by molar-refractivity contribution is 0.476. The molecular formula is C19H14BrNO2. The SMILES string of the molecule is Cc1cc(C)c2c(n1)oc1c(-c3ccc(Br)cc3)cc(O)cc12. The Bertz CT molecular complexity index is 1050. The highest BCUT2D eigenvalue weighted by Crippen LogP contribution is 2.39. The van der Waals surface area contributed by atoms with Crippen molar-refractivity contribution in [1.29, 1.82) is 0 Å². The van der Waals surface area contributed by atoms with Crippen molar-refractivity contribution >= 4 is 38.0 Å². The maximum Gasteiger partial charge on any atom is 0.227 e. The maximum absolute atomic E-state index is 10.2. The van der Waals surface area contributed by atoms with Crippen molar-refractivity contribution in [2.24, 2.45) is 0 Å². The Labute approximate surface area is 141 Å². The number of aromatic hydroxyl groups is 1. The Morgan fingerprint density at radius 2 is 1.78 bits per heavy atom. The van der Waals surface area contributed by atoms with Crippen molar-refractivity contribution in [2.75, 3.05) is 0 Å². The summed E-state index contributed by atoms with van der Waals surface area (Å²) < 4.78 is 7.06. The summed E-state index contributed by atoms with van der Waals surface area (Å²) in [5, 5.41) is 12.0. The molecule has 0 atom stereocenters. The molecule has 0 radical (unpaired) electrons. The van der Waals surface area contributed by atoms with Gasteiger partial charge in [0, 0.05) is 21.1 Å². The molecule has 0 aliphatic heterocycles. The highest BCUT2D eigenvalue weighted by atomic mass is 79.9. The average Bonchev–Trinajstić information content (AvgIpc) is 2.85. The van der Waals surface area contributed by atoms with Crippen molar-refractivity contribution in [3.05, 3.63) is 58.2 Å². The van der Waals surface area contributed by atoms with Gasteiger partial charge in [-0.2, -0.15) is 0 Å². The first-order valence-corrected chi connectivity index (χ1v) is 8.11. The monoisotopic (exact) mass is 367 g/mol. The Kier molecular flexibility index (Phi) is 3.16. The number of halogens is 1. The number of rotatable bonds is 1. The summed E-state index contributed by atoms with van der Waals surface area (Å²) in [6.07, 6.45) is 0. The van der Waals surface area contributed by atoms with Crippen LogP contribution in [0.2, 0.25) is 0 Å². The fraction of sp³-hybridized carbons (Fsp3) is 0.105. The summed E-state index contributed by atoms with van der Waals surface area (Å²) >= 11 is 3.45. The zero-order chi connectivity index (χ0) is 16.1. The van der Waals surface area contributed by atoms with E-state index in [-0.39, 0.29) is 5.75 Å². The lowest BCUT2D eigenvalue weighted by Gasteiger charge is -2.04. The van der Waals surface area contributed by atoms with E-state index in [0.717, 1.165) is 43.2 Å². The van der Waals surface area contributed by atoms with Gasteiger partial charge in [-0.3, -0.25) is 0 Å². The van der Waals surface area contributed by atoms with Crippen molar-refractivity contribution in [1.82, 2.24) is 4.98 Å². The summed E-state index contributed by atoms with van der Waals surface area (Å²) in [7, 11) is 0. The van der Waals surface area contributed by atoms with E-state index in [1.165, 1.54) is 0 Å². The zero-order valence-electron chi connectivity index (χ0n) is 12.7. The van der Waals surface area contributed by atoms with Gasteiger partial charge in [-0.15, -0.1) is 0 Å². The molecule has 4 rings (SSSR count). The number of furan rings is 1. The van der Waals surface area contributed by atoms with Crippen molar-refractivity contribution < 1.29 is 9.52 Å². The van der Waals surface area contributed by atoms with Gasteiger partial charge < -0.3 is 9.52 Å². The number of aromatic nitrogens is 1. The Morgan fingerprint density at radius 3 is 2.52 bits per heavy atom. The number of hydrogen-bond acceptors (Lipinski definition) is 3. The molecule has 0 amide bonds. The van der Waals surface area contributed by atoms with Gasteiger partial charge in [-0.1, -0.05) is 28.1 Å². The second kappa shape index (κ2) is 5.10. The molecule has 0 unspecified atom stereocenters. The first-order chi connectivity index (χ1) is 11.0. The van der Waals surface area contributed by atoms with Crippen LogP contribution in [0.4, 0.5) is 0 Å². The summed E-state index contributed by atoms with van der Waals surface area (Å²) in [4.78, 5) is 4.50. The second-order valence-electron chi connectivity index (χ2n) is 5.74. The number of phenols is 1. The van der Waals surface area contributed by atoms with Crippen LogP contribution in [-0.2, 0) is 0 Å². The smallest absolute Gasteiger partial charge is 0.227 e. The summed E-state index contributed by atoms with van der Waals surface area (Å²) in [5.41, 5.74) is 5.23. The third-order valence-electron chi connectivity index (χ3n) is 4.01. The summed E-state index contributed by atoms with van der Waals surface area (Å²) in [6, 6.07) is 13.4. The van der Waals surface area contributed by atoms with Gasteiger partial charge in [0.15, 0.2) is 0 Å². The number of pyridine rings is 1. The van der Waals surface area contributed by atoms with Crippen LogP contribution in [0.1, 0.15) is 11.3 Å². The average molecular weight is 368 g/mol. The molecule has 2 aromatic heterocycles. The molecule has 0 saturated carbocycles. The van der Waals surface area contributed by atoms with Gasteiger partial charge >= 0.3 is 0 Å². The normalized spacial score (nSPS) is 11.4. The second-order valence-corrected chi connectivity index (χ2v) is 6.66. The summed E-state index contributed by atoms with van der Waals surface area (Å²) in [6.45, 7) is 3.99. The topological polar surface area (TPSA) is 46.3 Å². The molecular weight excluding hydrogens is 354 g/mol. The minimum atomic E-state index is 0.220. The van der Waals surface area contributed by atoms with E-state index in [2.05, 4.69) is 20.9 Å². The molecule has 3 nitrogen and oxygen atoms in total. The molecule has 0 fully saturated rings. The number of phenolic OH excluding ortho intramolecular Hbond substituents is 1. The highest BCUT2D eigenvalue weighted by Gasteiger charge is 2.16. The lowest BCUT2D eigenvalue weighted by atomic mass is 10.0. The number of fused-ring (bicyclic) bond motifs is 3. The molecule has 0 spiro atoms. The first kappa shape index (κ1) is 14.3. The van der Waals surface area contributed by atoms with Crippen molar-refractivity contribution in [2.45, 2.75) is 13.8 Å². The number of hydrogen-bond donors (Lipinski definition) is 1. The minimum absolute atomic E-state index is 0.220. The third-order valence-corrected chi connectivity index (χ3v) is 4.54. The van der Waals surface area contributed by atoms with Crippen LogP contribution in [0.5, 0.6) is 5.75 Å². The highest BCUT2D eigenvalue weighted by molar-refractivity contribution is 9.10. The molecule has 2 aromatic carbocycles. The third kappa shape index (κ3) is 2.30. The van der Waals surface area contributed by atoms with Gasteiger partial charge in [0.2, 0.25) is 5.71 Å². The number of nitrogens with zero attached hydrogens (tertiary/aromatic N) is 1. The molecule has 0 bridgehead atoms. The zero-order valence-corrected chi connectivity index (χ0v) is 14.3. The van der Waals surface area contributed by atoms with Gasteiger partial charge in [0.05, 0.1) is 5.39 Å².